The first-order chi connectivity index (χ1) is 18.0. The summed E-state index contributed by atoms with van der Waals surface area (Å²) in [6, 6.07) is 16.6. The maximum Gasteiger partial charge on any atom is 0.300 e. The smallest absolute Gasteiger partial charge is 0.300 e. The number of rotatable bonds is 6. The van der Waals surface area contributed by atoms with Crippen LogP contribution in [-0.4, -0.2) is 30.5 Å². The molecule has 0 bridgehead atoms. The standard InChI is InChI=1S/C30H29Cl2NO5/c1-6-38-21-13-11-20(12-14-21)33-25(17-7-9-19(10-8-17)30(2,3)4)24(27(35)29(33)36)26(34)18-15-22(31)28(37-5)23(32)16-18/h7-16,25,34H,6H2,1-5H3/b26-24+. The minimum Gasteiger partial charge on any atom is -0.507 e. The minimum absolute atomic E-state index is 0.0651. The highest BCUT2D eigenvalue weighted by Gasteiger charge is 2.47. The number of aliphatic hydroxyl groups is 1. The van der Waals surface area contributed by atoms with Crippen molar-refractivity contribution in [3.63, 3.8) is 0 Å². The van der Waals surface area contributed by atoms with E-state index < -0.39 is 17.7 Å². The molecule has 1 fully saturated rings. The molecule has 8 heteroatoms. The van der Waals surface area contributed by atoms with Gasteiger partial charge in [-0.25, -0.2) is 0 Å². The SMILES string of the molecule is CCOc1ccc(N2C(=O)C(=O)/C(=C(/O)c3cc(Cl)c(OC)c(Cl)c3)C2c2ccc(C(C)(C)C)cc2)cc1. The Labute approximate surface area is 232 Å². The molecule has 1 unspecified atom stereocenters. The number of halogens is 2. The third-order valence-corrected chi connectivity index (χ3v) is 7.00. The lowest BCUT2D eigenvalue weighted by Gasteiger charge is -2.27. The van der Waals surface area contributed by atoms with E-state index in [9.17, 15) is 14.7 Å². The maximum atomic E-state index is 13.5. The number of anilines is 1. The van der Waals surface area contributed by atoms with Gasteiger partial charge in [-0.2, -0.15) is 0 Å². The van der Waals surface area contributed by atoms with Gasteiger partial charge in [-0.1, -0.05) is 68.2 Å². The summed E-state index contributed by atoms with van der Waals surface area (Å²) in [5.41, 5.74) is 2.29. The minimum atomic E-state index is -0.887. The summed E-state index contributed by atoms with van der Waals surface area (Å²) in [5, 5.41) is 11.7. The van der Waals surface area contributed by atoms with Crippen LogP contribution in [0.4, 0.5) is 5.69 Å². The molecule has 38 heavy (non-hydrogen) atoms. The van der Waals surface area contributed by atoms with Crippen LogP contribution in [0.15, 0.2) is 66.2 Å². The second-order valence-corrected chi connectivity index (χ2v) is 10.8. The number of amides is 1. The number of Topliss-reactive ketones (excluding diaryl/α,β-unsaturated/α-hetero) is 1. The van der Waals surface area contributed by atoms with E-state index in [1.165, 1.54) is 24.1 Å². The third kappa shape index (κ3) is 5.11. The number of carbonyl (C=O) groups is 2. The van der Waals surface area contributed by atoms with E-state index in [0.717, 1.165) is 5.56 Å². The Balaban J connectivity index is 1.92. The van der Waals surface area contributed by atoms with Crippen molar-refractivity contribution in [1.29, 1.82) is 0 Å². The summed E-state index contributed by atoms with van der Waals surface area (Å²) >= 11 is 12.6. The van der Waals surface area contributed by atoms with Crippen LogP contribution < -0.4 is 14.4 Å². The van der Waals surface area contributed by atoms with Crippen LogP contribution in [0.1, 0.15) is 50.4 Å². The van der Waals surface area contributed by atoms with E-state index in [1.807, 2.05) is 31.2 Å². The first-order valence-electron chi connectivity index (χ1n) is 12.2. The Hall–Kier alpha value is -3.48. The highest BCUT2D eigenvalue weighted by molar-refractivity contribution is 6.51. The fourth-order valence-corrected chi connectivity index (χ4v) is 5.14. The molecule has 3 aromatic rings. The number of nitrogens with zero attached hydrogens (tertiary/aromatic N) is 1. The van der Waals surface area contributed by atoms with Gasteiger partial charge in [-0.3, -0.25) is 14.5 Å². The largest absolute Gasteiger partial charge is 0.507 e. The highest BCUT2D eigenvalue weighted by atomic mass is 35.5. The zero-order valence-corrected chi connectivity index (χ0v) is 23.4. The molecule has 1 amide bonds. The monoisotopic (exact) mass is 553 g/mol. The summed E-state index contributed by atoms with van der Waals surface area (Å²) in [6.07, 6.45) is 0. The molecule has 1 aliphatic rings. The number of carbonyl (C=O) groups excluding carboxylic acids is 2. The zero-order valence-electron chi connectivity index (χ0n) is 21.8. The number of methoxy groups -OCH3 is 1. The maximum absolute atomic E-state index is 13.5. The van der Waals surface area contributed by atoms with Crippen molar-refractivity contribution in [3.05, 3.63) is 93.0 Å². The predicted octanol–water partition coefficient (Wildman–Crippen LogP) is 7.32. The van der Waals surface area contributed by atoms with Crippen LogP contribution in [-0.2, 0) is 15.0 Å². The van der Waals surface area contributed by atoms with Gasteiger partial charge in [0.15, 0.2) is 5.75 Å². The molecule has 1 saturated heterocycles. The molecule has 1 heterocycles. The van der Waals surface area contributed by atoms with Gasteiger partial charge in [-0.15, -0.1) is 0 Å². The molecular formula is C30H29Cl2NO5. The van der Waals surface area contributed by atoms with Crippen molar-refractivity contribution in [2.75, 3.05) is 18.6 Å². The summed E-state index contributed by atoms with van der Waals surface area (Å²) in [7, 11) is 1.43. The third-order valence-electron chi connectivity index (χ3n) is 6.44. The fourth-order valence-electron chi connectivity index (χ4n) is 4.50. The molecule has 0 spiro atoms. The Kier molecular flexibility index (Phi) is 7.77. The lowest BCUT2D eigenvalue weighted by Crippen LogP contribution is -2.29. The van der Waals surface area contributed by atoms with Crippen LogP contribution in [0.25, 0.3) is 5.76 Å². The predicted molar refractivity (Wildman–Crippen MR) is 151 cm³/mol. The zero-order chi connectivity index (χ0) is 27.8. The lowest BCUT2D eigenvalue weighted by molar-refractivity contribution is -0.132. The second kappa shape index (κ2) is 10.7. The number of hydrogen-bond acceptors (Lipinski definition) is 5. The van der Waals surface area contributed by atoms with Gasteiger partial charge in [0.05, 0.1) is 35.4 Å². The second-order valence-electron chi connectivity index (χ2n) is 9.94. The van der Waals surface area contributed by atoms with Crippen molar-refractivity contribution in [2.24, 2.45) is 0 Å². The Morgan fingerprint density at radius 2 is 1.55 bits per heavy atom. The van der Waals surface area contributed by atoms with Gasteiger partial charge in [0.2, 0.25) is 0 Å². The van der Waals surface area contributed by atoms with E-state index in [1.54, 1.807) is 24.3 Å². The molecule has 4 rings (SSSR count). The molecule has 3 aromatic carbocycles. The molecule has 0 radical (unpaired) electrons. The molecule has 0 aromatic heterocycles. The van der Waals surface area contributed by atoms with Crippen molar-refractivity contribution in [2.45, 2.75) is 39.2 Å². The van der Waals surface area contributed by atoms with E-state index in [4.69, 9.17) is 32.7 Å². The average molecular weight is 554 g/mol. The number of ether oxygens (including phenoxy) is 2. The molecule has 1 atom stereocenters. The molecule has 1 N–H and O–H groups in total. The van der Waals surface area contributed by atoms with Crippen molar-refractivity contribution >= 4 is 46.3 Å². The summed E-state index contributed by atoms with van der Waals surface area (Å²) in [4.78, 5) is 28.3. The molecule has 0 aliphatic carbocycles. The number of ketones is 1. The molecule has 6 nitrogen and oxygen atoms in total. The first-order valence-corrected chi connectivity index (χ1v) is 12.9. The summed E-state index contributed by atoms with van der Waals surface area (Å²) in [6.45, 7) is 8.68. The van der Waals surface area contributed by atoms with Crippen LogP contribution in [0.5, 0.6) is 11.5 Å². The fraction of sp³-hybridized carbons (Fsp3) is 0.267. The van der Waals surface area contributed by atoms with Gasteiger partial charge >= 0.3 is 0 Å². The molecule has 0 saturated carbocycles. The van der Waals surface area contributed by atoms with Crippen molar-refractivity contribution in [1.82, 2.24) is 0 Å². The van der Waals surface area contributed by atoms with Crippen LogP contribution >= 0.6 is 23.2 Å². The molecular weight excluding hydrogens is 525 g/mol. The lowest BCUT2D eigenvalue weighted by atomic mass is 9.85. The molecule has 198 valence electrons. The van der Waals surface area contributed by atoms with Crippen LogP contribution in [0.2, 0.25) is 10.0 Å². The van der Waals surface area contributed by atoms with E-state index in [0.29, 0.717) is 23.6 Å². The quantitative estimate of drug-likeness (QED) is 0.196. The van der Waals surface area contributed by atoms with E-state index in [2.05, 4.69) is 20.8 Å². The van der Waals surface area contributed by atoms with Crippen LogP contribution in [0, 0.1) is 0 Å². The number of benzene rings is 3. The first kappa shape index (κ1) is 27.6. The Bertz CT molecular complexity index is 1380. The van der Waals surface area contributed by atoms with Gasteiger partial charge < -0.3 is 14.6 Å². The van der Waals surface area contributed by atoms with Crippen LogP contribution in [0.3, 0.4) is 0 Å². The van der Waals surface area contributed by atoms with E-state index in [-0.39, 0.29) is 38.1 Å². The summed E-state index contributed by atoms with van der Waals surface area (Å²) in [5.74, 6) is -1.07. The van der Waals surface area contributed by atoms with Crippen molar-refractivity contribution < 1.29 is 24.2 Å². The van der Waals surface area contributed by atoms with Gasteiger partial charge in [-0.05, 0) is 59.9 Å². The van der Waals surface area contributed by atoms with Gasteiger partial charge in [0.25, 0.3) is 11.7 Å². The van der Waals surface area contributed by atoms with Gasteiger partial charge in [0.1, 0.15) is 11.5 Å². The van der Waals surface area contributed by atoms with Gasteiger partial charge in [0, 0.05) is 11.3 Å². The Morgan fingerprint density at radius 3 is 2.05 bits per heavy atom. The van der Waals surface area contributed by atoms with E-state index >= 15 is 0 Å². The Morgan fingerprint density at radius 1 is 0.974 bits per heavy atom. The highest BCUT2D eigenvalue weighted by Crippen LogP contribution is 2.44. The topological polar surface area (TPSA) is 76.1 Å². The number of aliphatic hydroxyl groups excluding tert-OH is 1. The number of hydrogen-bond donors (Lipinski definition) is 1. The van der Waals surface area contributed by atoms with Crippen molar-refractivity contribution in [3.8, 4) is 11.5 Å². The average Bonchev–Trinajstić information content (AvgIpc) is 3.14. The summed E-state index contributed by atoms with van der Waals surface area (Å²) < 4.78 is 10.7. The normalized spacial score (nSPS) is 17.1. The molecule has 1 aliphatic heterocycles.